The molecule has 0 amide bonds. The van der Waals surface area contributed by atoms with Gasteiger partial charge in [0.2, 0.25) is 10.0 Å². The third kappa shape index (κ3) is 2.19. The molecule has 0 bridgehead atoms. The van der Waals surface area contributed by atoms with Crippen LogP contribution < -0.4 is 0 Å². The fraction of sp³-hybridized carbons (Fsp3) is 0.750. The van der Waals surface area contributed by atoms with Gasteiger partial charge in [-0.05, 0) is 32.1 Å². The van der Waals surface area contributed by atoms with Crippen molar-refractivity contribution in [2.75, 3.05) is 13.1 Å². The number of nitrogens with one attached hydrogen (secondary N) is 1. The summed E-state index contributed by atoms with van der Waals surface area (Å²) in [5.41, 5.74) is 1.18. The quantitative estimate of drug-likeness (QED) is 0.910. The van der Waals surface area contributed by atoms with E-state index in [0.717, 1.165) is 6.42 Å². The van der Waals surface area contributed by atoms with Gasteiger partial charge in [-0.25, -0.2) is 8.42 Å². The van der Waals surface area contributed by atoms with E-state index >= 15 is 0 Å². The van der Waals surface area contributed by atoms with E-state index in [-0.39, 0.29) is 0 Å². The van der Waals surface area contributed by atoms with E-state index in [9.17, 15) is 8.42 Å². The first-order valence-electron chi connectivity index (χ1n) is 6.35. The van der Waals surface area contributed by atoms with Crippen LogP contribution in [0.1, 0.15) is 31.7 Å². The highest BCUT2D eigenvalue weighted by atomic mass is 32.2. The summed E-state index contributed by atoms with van der Waals surface area (Å²) in [6.07, 6.45) is 0.951. The highest BCUT2D eigenvalue weighted by Crippen LogP contribution is 2.30. The molecule has 0 radical (unpaired) electrons. The minimum absolute atomic E-state index is 0.354. The summed E-state index contributed by atoms with van der Waals surface area (Å²) in [4.78, 5) is 0.354. The molecule has 1 unspecified atom stereocenters. The lowest BCUT2D eigenvalue weighted by molar-refractivity contribution is 0.388. The fourth-order valence-electron chi connectivity index (χ4n) is 2.57. The van der Waals surface area contributed by atoms with Crippen molar-refractivity contribution in [1.29, 1.82) is 0 Å². The van der Waals surface area contributed by atoms with Crippen LogP contribution in [-0.4, -0.2) is 36.0 Å². The van der Waals surface area contributed by atoms with Crippen molar-refractivity contribution in [3.63, 3.8) is 0 Å². The smallest absolute Gasteiger partial charge is 0.246 e. The lowest BCUT2D eigenvalue weighted by atomic mass is 9.96. The van der Waals surface area contributed by atoms with Crippen molar-refractivity contribution in [2.24, 2.45) is 11.8 Å². The van der Waals surface area contributed by atoms with Gasteiger partial charge in [-0.1, -0.05) is 13.8 Å². The van der Waals surface area contributed by atoms with E-state index in [1.807, 2.05) is 0 Å². The molecular weight excluding hydrogens is 250 g/mol. The lowest BCUT2D eigenvalue weighted by Gasteiger charge is -2.18. The molecule has 1 aromatic heterocycles. The second-order valence-electron chi connectivity index (χ2n) is 5.42. The Hall–Kier alpha value is -0.880. The van der Waals surface area contributed by atoms with E-state index in [0.29, 0.717) is 41.2 Å². The molecule has 0 aromatic carbocycles. The van der Waals surface area contributed by atoms with E-state index in [1.54, 1.807) is 18.2 Å². The molecule has 6 heteroatoms. The minimum atomic E-state index is -3.38. The molecule has 0 spiro atoms. The molecule has 1 fully saturated rings. The predicted octanol–water partition coefficient (Wildman–Crippen LogP) is 1.69. The second kappa shape index (κ2) is 4.66. The number of aromatic amines is 1. The lowest BCUT2D eigenvalue weighted by Crippen LogP contribution is -2.30. The van der Waals surface area contributed by atoms with Gasteiger partial charge in [-0.15, -0.1) is 0 Å². The summed E-state index contributed by atoms with van der Waals surface area (Å²) < 4.78 is 26.7. The molecule has 2 heterocycles. The SMILES string of the molecule is Cc1n[nH]c(C)c1S(=O)(=O)N1CCC(C(C)C)C1. The van der Waals surface area contributed by atoms with E-state index < -0.39 is 10.0 Å². The molecule has 1 aliphatic heterocycles. The zero-order chi connectivity index (χ0) is 13.5. The number of nitrogens with zero attached hydrogens (tertiary/aromatic N) is 2. The van der Waals surface area contributed by atoms with Crippen LogP contribution in [0, 0.1) is 25.7 Å². The number of sulfonamides is 1. The van der Waals surface area contributed by atoms with Crippen LogP contribution in [0.15, 0.2) is 4.90 Å². The highest BCUT2D eigenvalue weighted by molar-refractivity contribution is 7.89. The van der Waals surface area contributed by atoms with Gasteiger partial charge in [0.1, 0.15) is 4.90 Å². The van der Waals surface area contributed by atoms with Crippen LogP contribution in [0.4, 0.5) is 0 Å². The molecule has 18 heavy (non-hydrogen) atoms. The summed E-state index contributed by atoms with van der Waals surface area (Å²) in [6, 6.07) is 0. The summed E-state index contributed by atoms with van der Waals surface area (Å²) >= 11 is 0. The van der Waals surface area contributed by atoms with Gasteiger partial charge in [0.05, 0.1) is 11.4 Å². The molecule has 0 saturated carbocycles. The van der Waals surface area contributed by atoms with Crippen molar-refractivity contribution in [3.05, 3.63) is 11.4 Å². The van der Waals surface area contributed by atoms with Gasteiger partial charge in [0.25, 0.3) is 0 Å². The third-order valence-corrected chi connectivity index (χ3v) is 5.92. The molecule has 102 valence electrons. The monoisotopic (exact) mass is 271 g/mol. The first-order valence-corrected chi connectivity index (χ1v) is 7.79. The summed E-state index contributed by atoms with van der Waals surface area (Å²) in [7, 11) is -3.38. The molecule has 0 aliphatic carbocycles. The average molecular weight is 271 g/mol. The van der Waals surface area contributed by atoms with E-state index in [4.69, 9.17) is 0 Å². The van der Waals surface area contributed by atoms with Crippen LogP contribution in [0.3, 0.4) is 0 Å². The summed E-state index contributed by atoms with van der Waals surface area (Å²) in [5.74, 6) is 0.990. The minimum Gasteiger partial charge on any atom is -0.281 e. The standard InChI is InChI=1S/C12H21N3O2S/c1-8(2)11-5-6-15(7-11)18(16,17)12-9(3)13-14-10(12)4/h8,11H,5-7H2,1-4H3,(H,13,14). The van der Waals surface area contributed by atoms with Crippen LogP contribution in [0.2, 0.25) is 0 Å². The first kappa shape index (κ1) is 13.5. The second-order valence-corrected chi connectivity index (χ2v) is 7.29. The largest absolute Gasteiger partial charge is 0.281 e. The average Bonchev–Trinajstić information content (AvgIpc) is 2.85. The van der Waals surface area contributed by atoms with Crippen LogP contribution >= 0.6 is 0 Å². The van der Waals surface area contributed by atoms with Crippen LogP contribution in [-0.2, 0) is 10.0 Å². The third-order valence-electron chi connectivity index (χ3n) is 3.79. The molecule has 1 atom stereocenters. The Morgan fingerprint density at radius 2 is 2.06 bits per heavy atom. The van der Waals surface area contributed by atoms with Crippen molar-refractivity contribution in [3.8, 4) is 0 Å². The molecule has 5 nitrogen and oxygen atoms in total. The number of hydrogen-bond donors (Lipinski definition) is 1. The topological polar surface area (TPSA) is 66.1 Å². The van der Waals surface area contributed by atoms with Gasteiger partial charge in [-0.3, -0.25) is 5.10 Å². The van der Waals surface area contributed by atoms with Gasteiger partial charge < -0.3 is 0 Å². The van der Waals surface area contributed by atoms with Gasteiger partial charge in [0.15, 0.2) is 0 Å². The fourth-order valence-corrected chi connectivity index (χ4v) is 4.41. The number of H-pyrrole nitrogens is 1. The Morgan fingerprint density at radius 1 is 1.39 bits per heavy atom. The maximum absolute atomic E-state index is 12.6. The highest BCUT2D eigenvalue weighted by Gasteiger charge is 2.36. The van der Waals surface area contributed by atoms with Crippen LogP contribution in [0.5, 0.6) is 0 Å². The Kier molecular flexibility index (Phi) is 3.51. The van der Waals surface area contributed by atoms with Crippen molar-refractivity contribution >= 4 is 10.0 Å². The van der Waals surface area contributed by atoms with Gasteiger partial charge in [0, 0.05) is 13.1 Å². The zero-order valence-electron chi connectivity index (χ0n) is 11.4. The molecule has 1 aromatic rings. The molecular formula is C12H21N3O2S. The number of aryl methyl sites for hydroxylation is 2. The number of hydrogen-bond acceptors (Lipinski definition) is 3. The van der Waals surface area contributed by atoms with Crippen molar-refractivity contribution < 1.29 is 8.42 Å². The Labute approximate surface area is 109 Å². The Bertz CT molecular complexity index is 514. The predicted molar refractivity (Wildman–Crippen MR) is 69.8 cm³/mol. The maximum Gasteiger partial charge on any atom is 0.246 e. The van der Waals surface area contributed by atoms with Crippen molar-refractivity contribution in [1.82, 2.24) is 14.5 Å². The molecule has 1 aliphatic rings. The summed E-state index contributed by atoms with van der Waals surface area (Å²) in [6.45, 7) is 9.03. The van der Waals surface area contributed by atoms with Gasteiger partial charge in [-0.2, -0.15) is 9.40 Å². The van der Waals surface area contributed by atoms with Gasteiger partial charge >= 0.3 is 0 Å². The first-order chi connectivity index (χ1) is 8.34. The summed E-state index contributed by atoms with van der Waals surface area (Å²) in [5, 5.41) is 6.72. The molecule has 1 N–H and O–H groups in total. The van der Waals surface area contributed by atoms with E-state index in [1.165, 1.54) is 0 Å². The molecule has 1 saturated heterocycles. The number of rotatable bonds is 3. The number of aromatic nitrogens is 2. The normalized spacial score (nSPS) is 21.9. The van der Waals surface area contributed by atoms with Crippen molar-refractivity contribution in [2.45, 2.75) is 39.0 Å². The molecule has 2 rings (SSSR count). The Balaban J connectivity index is 2.29. The van der Waals surface area contributed by atoms with Crippen LogP contribution in [0.25, 0.3) is 0 Å². The Morgan fingerprint density at radius 3 is 2.50 bits per heavy atom. The zero-order valence-corrected chi connectivity index (χ0v) is 12.2. The van der Waals surface area contributed by atoms with E-state index in [2.05, 4.69) is 24.0 Å². The maximum atomic E-state index is 12.6.